The first-order chi connectivity index (χ1) is 15.1. The summed E-state index contributed by atoms with van der Waals surface area (Å²) < 4.78 is 0. The zero-order chi connectivity index (χ0) is 21.6. The maximum atomic E-state index is 12.6. The zero-order valence-corrected chi connectivity index (χ0v) is 18.2. The van der Waals surface area contributed by atoms with Crippen molar-refractivity contribution < 1.29 is 9.59 Å². The van der Waals surface area contributed by atoms with Gasteiger partial charge in [0.15, 0.2) is 0 Å². The van der Waals surface area contributed by atoms with Crippen molar-refractivity contribution in [2.45, 2.75) is 19.3 Å². The molecule has 1 aliphatic heterocycles. The summed E-state index contributed by atoms with van der Waals surface area (Å²) in [6, 6.07) is 15.4. The molecule has 2 amide bonds. The number of carbonyl (C=O) groups is 2. The highest BCUT2D eigenvalue weighted by Gasteiger charge is 2.22. The molecule has 6 nitrogen and oxygen atoms in total. The van der Waals surface area contributed by atoms with E-state index < -0.39 is 0 Å². The molecule has 1 saturated heterocycles. The molecule has 0 unspecified atom stereocenters. The van der Waals surface area contributed by atoms with E-state index in [9.17, 15) is 9.59 Å². The van der Waals surface area contributed by atoms with Crippen LogP contribution in [0.4, 0.5) is 5.69 Å². The molecule has 2 N–H and O–H groups in total. The standard InChI is InChI=1S/C24H27ClN4O2/c25-20-8-2-4-10-22(20)27-23(30)17-28-12-14-29(15-13-28)24(31)11-5-6-18-16-26-21-9-3-1-7-19(18)21/h1-4,7-10,16,26H,5-6,11-15,17H2,(H,27,30). The number of nitrogens with one attached hydrogen (secondary N) is 2. The van der Waals surface area contributed by atoms with Gasteiger partial charge in [-0.1, -0.05) is 41.9 Å². The van der Waals surface area contributed by atoms with Gasteiger partial charge in [0.1, 0.15) is 0 Å². The summed E-state index contributed by atoms with van der Waals surface area (Å²) in [7, 11) is 0. The van der Waals surface area contributed by atoms with E-state index in [0.29, 0.717) is 49.9 Å². The summed E-state index contributed by atoms with van der Waals surface area (Å²) in [5.41, 5.74) is 3.02. The molecule has 1 aliphatic rings. The summed E-state index contributed by atoms with van der Waals surface area (Å²) in [6.45, 7) is 3.01. The number of fused-ring (bicyclic) bond motifs is 1. The van der Waals surface area contributed by atoms with Crippen LogP contribution >= 0.6 is 11.6 Å². The highest BCUT2D eigenvalue weighted by atomic mass is 35.5. The van der Waals surface area contributed by atoms with E-state index in [0.717, 1.165) is 18.4 Å². The molecule has 3 aromatic rings. The largest absolute Gasteiger partial charge is 0.361 e. The molecule has 2 heterocycles. The van der Waals surface area contributed by atoms with Crippen molar-refractivity contribution in [1.29, 1.82) is 0 Å². The minimum atomic E-state index is -0.0911. The Morgan fingerprint density at radius 2 is 1.74 bits per heavy atom. The number of benzene rings is 2. The Morgan fingerprint density at radius 3 is 2.55 bits per heavy atom. The fourth-order valence-electron chi connectivity index (χ4n) is 4.04. The van der Waals surface area contributed by atoms with E-state index >= 15 is 0 Å². The molecule has 7 heteroatoms. The molecule has 0 bridgehead atoms. The van der Waals surface area contributed by atoms with E-state index in [4.69, 9.17) is 11.6 Å². The van der Waals surface area contributed by atoms with Gasteiger partial charge in [0.2, 0.25) is 11.8 Å². The molecule has 1 aromatic heterocycles. The second kappa shape index (κ2) is 9.98. The van der Waals surface area contributed by atoms with Gasteiger partial charge in [-0.15, -0.1) is 0 Å². The van der Waals surface area contributed by atoms with Gasteiger partial charge < -0.3 is 15.2 Å². The lowest BCUT2D eigenvalue weighted by Crippen LogP contribution is -2.50. The number of aromatic amines is 1. The third kappa shape index (κ3) is 5.46. The number of carbonyl (C=O) groups excluding carboxylic acids is 2. The summed E-state index contributed by atoms with van der Waals surface area (Å²) in [5, 5.41) is 4.61. The van der Waals surface area contributed by atoms with Crippen molar-refractivity contribution in [3.63, 3.8) is 0 Å². The number of hydrogen-bond donors (Lipinski definition) is 2. The van der Waals surface area contributed by atoms with Crippen molar-refractivity contribution in [1.82, 2.24) is 14.8 Å². The number of H-pyrrole nitrogens is 1. The second-order valence-corrected chi connectivity index (χ2v) is 8.31. The number of anilines is 1. The molecule has 0 radical (unpaired) electrons. The SMILES string of the molecule is O=C(CN1CCN(C(=O)CCCc2c[nH]c3ccccc23)CC1)Nc1ccccc1Cl. The number of nitrogens with zero attached hydrogens (tertiary/aromatic N) is 2. The Morgan fingerprint density at radius 1 is 1.00 bits per heavy atom. The Bertz CT molecular complexity index is 1060. The monoisotopic (exact) mass is 438 g/mol. The van der Waals surface area contributed by atoms with Gasteiger partial charge in [-0.2, -0.15) is 0 Å². The van der Waals surface area contributed by atoms with Crippen molar-refractivity contribution in [2.24, 2.45) is 0 Å². The topological polar surface area (TPSA) is 68.4 Å². The molecule has 0 spiro atoms. The van der Waals surface area contributed by atoms with Gasteiger partial charge in [0.25, 0.3) is 0 Å². The van der Waals surface area contributed by atoms with Gasteiger partial charge in [0, 0.05) is 49.7 Å². The van der Waals surface area contributed by atoms with Crippen molar-refractivity contribution in [3.8, 4) is 0 Å². The molecule has 31 heavy (non-hydrogen) atoms. The molecule has 0 atom stereocenters. The van der Waals surface area contributed by atoms with Gasteiger partial charge in [-0.05, 0) is 36.6 Å². The number of aromatic nitrogens is 1. The lowest BCUT2D eigenvalue weighted by atomic mass is 10.1. The first-order valence-electron chi connectivity index (χ1n) is 10.7. The molecule has 162 valence electrons. The first-order valence-corrected chi connectivity index (χ1v) is 11.1. The summed E-state index contributed by atoms with van der Waals surface area (Å²) >= 11 is 6.09. The minimum Gasteiger partial charge on any atom is -0.361 e. The number of amides is 2. The number of halogens is 1. The van der Waals surface area contributed by atoms with Crippen molar-refractivity contribution >= 4 is 40.0 Å². The molecule has 2 aromatic carbocycles. The number of para-hydroxylation sites is 2. The first kappa shape index (κ1) is 21.4. The van der Waals surface area contributed by atoms with Crippen LogP contribution in [0.1, 0.15) is 18.4 Å². The van der Waals surface area contributed by atoms with Crippen LogP contribution in [0.2, 0.25) is 5.02 Å². The maximum absolute atomic E-state index is 12.6. The van der Waals surface area contributed by atoms with Crippen LogP contribution in [-0.2, 0) is 16.0 Å². The Hall–Kier alpha value is -2.83. The summed E-state index contributed by atoms with van der Waals surface area (Å²) in [4.78, 5) is 32.2. The lowest BCUT2D eigenvalue weighted by Gasteiger charge is -2.34. The lowest BCUT2D eigenvalue weighted by molar-refractivity contribution is -0.133. The smallest absolute Gasteiger partial charge is 0.238 e. The van der Waals surface area contributed by atoms with E-state index in [1.54, 1.807) is 12.1 Å². The number of hydrogen-bond acceptors (Lipinski definition) is 3. The van der Waals surface area contributed by atoms with Crippen LogP contribution in [0, 0.1) is 0 Å². The summed E-state index contributed by atoms with van der Waals surface area (Å²) in [5.74, 6) is 0.103. The molecule has 4 rings (SSSR count). The summed E-state index contributed by atoms with van der Waals surface area (Å²) in [6.07, 6.45) is 4.31. The van der Waals surface area contributed by atoms with Gasteiger partial charge in [-0.25, -0.2) is 0 Å². The Balaban J connectivity index is 1.18. The third-order valence-electron chi connectivity index (χ3n) is 5.75. The average molecular weight is 439 g/mol. The second-order valence-electron chi connectivity index (χ2n) is 7.90. The molecule has 1 fully saturated rings. The van der Waals surface area contributed by atoms with Crippen LogP contribution < -0.4 is 5.32 Å². The van der Waals surface area contributed by atoms with E-state index in [2.05, 4.69) is 27.3 Å². The number of aryl methyl sites for hydroxylation is 1. The fraction of sp³-hybridized carbons (Fsp3) is 0.333. The quantitative estimate of drug-likeness (QED) is 0.587. The minimum absolute atomic E-state index is 0.0911. The highest BCUT2D eigenvalue weighted by molar-refractivity contribution is 6.33. The van der Waals surface area contributed by atoms with E-state index in [1.807, 2.05) is 35.4 Å². The van der Waals surface area contributed by atoms with Gasteiger partial charge in [0.05, 0.1) is 17.3 Å². The van der Waals surface area contributed by atoms with Crippen LogP contribution in [0.3, 0.4) is 0 Å². The van der Waals surface area contributed by atoms with Crippen LogP contribution in [0.25, 0.3) is 10.9 Å². The van der Waals surface area contributed by atoms with Crippen molar-refractivity contribution in [2.75, 3.05) is 38.0 Å². The predicted octanol–water partition coefficient (Wildman–Crippen LogP) is 3.93. The molecular weight excluding hydrogens is 412 g/mol. The number of rotatable bonds is 7. The van der Waals surface area contributed by atoms with Crippen LogP contribution in [0.5, 0.6) is 0 Å². The zero-order valence-electron chi connectivity index (χ0n) is 17.4. The fourth-order valence-corrected chi connectivity index (χ4v) is 4.22. The molecule has 0 aliphatic carbocycles. The predicted molar refractivity (Wildman–Crippen MR) is 124 cm³/mol. The van der Waals surface area contributed by atoms with Crippen LogP contribution in [0.15, 0.2) is 54.7 Å². The molecule has 0 saturated carbocycles. The van der Waals surface area contributed by atoms with Crippen LogP contribution in [-0.4, -0.2) is 59.3 Å². The molecular formula is C24H27ClN4O2. The highest BCUT2D eigenvalue weighted by Crippen LogP contribution is 2.21. The normalized spacial score (nSPS) is 14.7. The Labute approximate surface area is 187 Å². The maximum Gasteiger partial charge on any atom is 0.238 e. The van der Waals surface area contributed by atoms with E-state index in [1.165, 1.54) is 10.9 Å². The van der Waals surface area contributed by atoms with E-state index in [-0.39, 0.29) is 11.8 Å². The van der Waals surface area contributed by atoms with Crippen molar-refractivity contribution in [3.05, 3.63) is 65.3 Å². The van der Waals surface area contributed by atoms with Gasteiger partial charge in [-0.3, -0.25) is 14.5 Å². The number of piperazine rings is 1. The Kier molecular flexibility index (Phi) is 6.89. The average Bonchev–Trinajstić information content (AvgIpc) is 3.19. The van der Waals surface area contributed by atoms with Gasteiger partial charge >= 0.3 is 0 Å². The third-order valence-corrected chi connectivity index (χ3v) is 6.08.